The number of hydrogen-bond acceptors (Lipinski definition) is 4. The second-order valence-corrected chi connectivity index (χ2v) is 8.72. The van der Waals surface area contributed by atoms with Crippen molar-refractivity contribution in [3.63, 3.8) is 0 Å². The van der Waals surface area contributed by atoms with Crippen LogP contribution in [-0.2, 0) is 10.7 Å². The van der Waals surface area contributed by atoms with Crippen LogP contribution in [0.25, 0.3) is 0 Å². The number of hydrogen-bond donors (Lipinski definition) is 2. The molecule has 0 bridgehead atoms. The number of aromatic amines is 1. The normalized spacial score (nSPS) is 19.0. The van der Waals surface area contributed by atoms with Gasteiger partial charge in [0.25, 0.3) is 11.8 Å². The molecule has 3 aromatic rings. The lowest BCUT2D eigenvalue weighted by Gasteiger charge is -2.40. The van der Waals surface area contributed by atoms with Crippen molar-refractivity contribution in [2.45, 2.75) is 37.1 Å². The summed E-state index contributed by atoms with van der Waals surface area (Å²) in [4.78, 5) is 32.0. The Morgan fingerprint density at radius 1 is 1.14 bits per heavy atom. The minimum Gasteiger partial charge on any atom is -0.329 e. The van der Waals surface area contributed by atoms with Crippen LogP contribution in [0.1, 0.15) is 36.0 Å². The first-order chi connectivity index (χ1) is 17.0. The van der Waals surface area contributed by atoms with E-state index >= 15 is 0 Å². The average Bonchev–Trinajstić information content (AvgIpc) is 2.85. The van der Waals surface area contributed by atoms with Crippen molar-refractivity contribution in [2.24, 2.45) is 0 Å². The van der Waals surface area contributed by atoms with Gasteiger partial charge in [-0.1, -0.05) is 6.07 Å². The summed E-state index contributed by atoms with van der Waals surface area (Å²) in [6.45, 7) is 1.40. The van der Waals surface area contributed by atoms with Crippen LogP contribution in [0.4, 0.5) is 27.8 Å². The summed E-state index contributed by atoms with van der Waals surface area (Å²) in [5.41, 5.74) is -0.995. The van der Waals surface area contributed by atoms with Gasteiger partial charge in [-0.2, -0.15) is 8.78 Å². The van der Waals surface area contributed by atoms with E-state index in [1.807, 2.05) is 0 Å². The molecule has 2 unspecified atom stereocenters. The maximum Gasteiger partial charge on any atom is 0.299 e. The molecule has 1 amide bonds. The van der Waals surface area contributed by atoms with Crippen molar-refractivity contribution in [3.05, 3.63) is 93.8 Å². The Kier molecular flexibility index (Phi) is 6.94. The van der Waals surface area contributed by atoms with E-state index in [1.165, 1.54) is 24.4 Å². The van der Waals surface area contributed by atoms with Crippen LogP contribution in [0.5, 0.6) is 0 Å². The highest BCUT2D eigenvalue weighted by Crippen LogP contribution is 2.40. The van der Waals surface area contributed by atoms with Crippen molar-refractivity contribution in [1.29, 1.82) is 0 Å². The number of amides is 1. The van der Waals surface area contributed by atoms with Gasteiger partial charge in [-0.3, -0.25) is 14.5 Å². The van der Waals surface area contributed by atoms with Crippen molar-refractivity contribution in [2.75, 3.05) is 18.4 Å². The minimum atomic E-state index is -3.42. The molecule has 1 saturated heterocycles. The number of halogens is 5. The van der Waals surface area contributed by atoms with E-state index in [0.717, 1.165) is 36.5 Å². The number of carbonyl (C=O) groups is 1. The molecular formula is C25H23F5N4O2. The fraction of sp³-hybridized carbons (Fsp3) is 0.320. The Hall–Kier alpha value is -3.60. The first kappa shape index (κ1) is 25.5. The van der Waals surface area contributed by atoms with E-state index in [4.69, 9.17) is 0 Å². The highest BCUT2D eigenvalue weighted by molar-refractivity contribution is 5.93. The molecule has 3 heterocycles. The largest absolute Gasteiger partial charge is 0.329 e. The lowest BCUT2D eigenvalue weighted by Crippen LogP contribution is -2.52. The SMILES string of the molecule is CC(C(=O)Nc1ccc(C(F)(F)c2ccc(F)cc2)cn1)N1CCC(F)(F)C(c2ccc(=O)[nH]c2)C1. The zero-order valence-corrected chi connectivity index (χ0v) is 19.2. The Balaban J connectivity index is 1.43. The maximum absolute atomic E-state index is 14.7. The third kappa shape index (κ3) is 5.30. The van der Waals surface area contributed by atoms with E-state index in [0.29, 0.717) is 0 Å². The first-order valence-electron chi connectivity index (χ1n) is 11.2. The Bertz CT molecular complexity index is 1260. The van der Waals surface area contributed by atoms with Gasteiger partial charge >= 0.3 is 0 Å². The first-order valence-corrected chi connectivity index (χ1v) is 11.2. The fourth-order valence-electron chi connectivity index (χ4n) is 4.14. The summed E-state index contributed by atoms with van der Waals surface area (Å²) in [5.74, 6) is -8.81. The molecule has 4 rings (SSSR count). The summed E-state index contributed by atoms with van der Waals surface area (Å²) >= 11 is 0. The van der Waals surface area contributed by atoms with Crippen LogP contribution >= 0.6 is 0 Å². The molecule has 190 valence electrons. The molecule has 1 aromatic carbocycles. The zero-order chi connectivity index (χ0) is 26.1. The van der Waals surface area contributed by atoms with Gasteiger partial charge in [0.1, 0.15) is 11.6 Å². The quantitative estimate of drug-likeness (QED) is 0.483. The lowest BCUT2D eigenvalue weighted by atomic mass is 9.87. The van der Waals surface area contributed by atoms with Crippen LogP contribution in [0.2, 0.25) is 0 Å². The monoisotopic (exact) mass is 506 g/mol. The zero-order valence-electron chi connectivity index (χ0n) is 19.2. The molecule has 1 fully saturated rings. The van der Waals surface area contributed by atoms with Crippen LogP contribution in [0.15, 0.2) is 65.7 Å². The number of anilines is 1. The molecule has 0 aliphatic carbocycles. The molecule has 0 radical (unpaired) electrons. The van der Waals surface area contributed by atoms with Crippen molar-refractivity contribution in [3.8, 4) is 0 Å². The number of H-pyrrole nitrogens is 1. The minimum absolute atomic E-state index is 0.0185. The van der Waals surface area contributed by atoms with Gasteiger partial charge in [0.2, 0.25) is 11.5 Å². The molecule has 2 atom stereocenters. The van der Waals surface area contributed by atoms with E-state index in [1.54, 1.807) is 11.8 Å². The summed E-state index contributed by atoms with van der Waals surface area (Å²) in [7, 11) is 0. The molecule has 11 heteroatoms. The standard InChI is InChI=1S/C25H23F5N4O2/c1-15(34-11-10-24(27,28)20(14-34)16-2-9-22(35)32-12-16)23(36)33-21-8-5-18(13-31-21)25(29,30)17-3-6-19(26)7-4-17/h2-9,12-13,15,20H,10-11,14H2,1H3,(H,32,35)(H,31,33,36). The molecular weight excluding hydrogens is 483 g/mol. The molecule has 0 spiro atoms. The van der Waals surface area contributed by atoms with Gasteiger partial charge < -0.3 is 10.3 Å². The number of piperidine rings is 1. The molecule has 36 heavy (non-hydrogen) atoms. The number of nitrogens with one attached hydrogen (secondary N) is 2. The Morgan fingerprint density at radius 3 is 2.44 bits per heavy atom. The fourth-order valence-corrected chi connectivity index (χ4v) is 4.14. The van der Waals surface area contributed by atoms with Crippen molar-refractivity contribution >= 4 is 11.7 Å². The van der Waals surface area contributed by atoms with E-state index in [-0.39, 0.29) is 24.5 Å². The molecule has 6 nitrogen and oxygen atoms in total. The van der Waals surface area contributed by atoms with Gasteiger partial charge in [-0.25, -0.2) is 18.2 Å². The summed E-state index contributed by atoms with van der Waals surface area (Å²) in [5, 5.41) is 2.53. The third-order valence-corrected chi connectivity index (χ3v) is 6.38. The number of likely N-dealkylation sites (tertiary alicyclic amines) is 1. The topological polar surface area (TPSA) is 78.1 Å². The van der Waals surface area contributed by atoms with Crippen LogP contribution in [0.3, 0.4) is 0 Å². The number of rotatable bonds is 6. The van der Waals surface area contributed by atoms with E-state index in [9.17, 15) is 31.5 Å². The predicted octanol–water partition coefficient (Wildman–Crippen LogP) is 4.50. The Labute approximate surface area is 203 Å². The van der Waals surface area contributed by atoms with Gasteiger partial charge in [0.15, 0.2) is 0 Å². The van der Waals surface area contributed by atoms with Crippen LogP contribution in [0, 0.1) is 5.82 Å². The summed E-state index contributed by atoms with van der Waals surface area (Å²) in [6, 6.07) is 7.86. The number of carbonyl (C=O) groups excluding carboxylic acids is 1. The van der Waals surface area contributed by atoms with E-state index in [2.05, 4.69) is 15.3 Å². The number of alkyl halides is 4. The van der Waals surface area contributed by atoms with E-state index < -0.39 is 58.6 Å². The number of benzene rings is 1. The second-order valence-electron chi connectivity index (χ2n) is 8.72. The summed E-state index contributed by atoms with van der Waals surface area (Å²) < 4.78 is 71.7. The second kappa shape index (κ2) is 9.81. The molecule has 1 aliphatic rings. The number of aromatic nitrogens is 2. The lowest BCUT2D eigenvalue weighted by molar-refractivity contribution is -0.125. The number of nitrogens with zero attached hydrogens (tertiary/aromatic N) is 2. The molecule has 2 N–H and O–H groups in total. The predicted molar refractivity (Wildman–Crippen MR) is 123 cm³/mol. The van der Waals surface area contributed by atoms with Crippen LogP contribution in [-0.4, -0.2) is 45.8 Å². The summed E-state index contributed by atoms with van der Waals surface area (Å²) in [6.07, 6.45) is 1.69. The van der Waals surface area contributed by atoms with Gasteiger partial charge in [0.05, 0.1) is 12.0 Å². The smallest absolute Gasteiger partial charge is 0.299 e. The molecule has 0 saturated carbocycles. The highest BCUT2D eigenvalue weighted by atomic mass is 19.3. The van der Waals surface area contributed by atoms with Gasteiger partial charge in [0, 0.05) is 49.1 Å². The number of pyridine rings is 2. The third-order valence-electron chi connectivity index (χ3n) is 6.38. The molecule has 2 aromatic heterocycles. The van der Waals surface area contributed by atoms with Crippen molar-refractivity contribution in [1.82, 2.24) is 14.9 Å². The van der Waals surface area contributed by atoms with Crippen LogP contribution < -0.4 is 10.9 Å². The van der Waals surface area contributed by atoms with Gasteiger partial charge in [-0.05, 0) is 48.9 Å². The van der Waals surface area contributed by atoms with Crippen molar-refractivity contribution < 1.29 is 26.7 Å². The van der Waals surface area contributed by atoms with Gasteiger partial charge in [-0.15, -0.1) is 0 Å². The maximum atomic E-state index is 14.7. The molecule has 1 aliphatic heterocycles. The highest BCUT2D eigenvalue weighted by Gasteiger charge is 2.46. The Morgan fingerprint density at radius 2 is 1.83 bits per heavy atom. The average molecular weight is 506 g/mol.